The van der Waals surface area contributed by atoms with Crippen molar-refractivity contribution in [3.05, 3.63) is 76.7 Å². The van der Waals surface area contributed by atoms with Crippen LogP contribution >= 0.6 is 11.8 Å². The van der Waals surface area contributed by atoms with Crippen LogP contribution in [0.5, 0.6) is 5.75 Å². The summed E-state index contributed by atoms with van der Waals surface area (Å²) in [5, 5.41) is 2.67. The molecule has 1 saturated heterocycles. The summed E-state index contributed by atoms with van der Waals surface area (Å²) < 4.78 is 10.7. The van der Waals surface area contributed by atoms with Gasteiger partial charge in [0, 0.05) is 11.9 Å². The largest absolute Gasteiger partial charge is 0.493 e. The van der Waals surface area contributed by atoms with Crippen molar-refractivity contribution in [2.24, 2.45) is 4.99 Å². The predicted octanol–water partition coefficient (Wildman–Crippen LogP) is 6.43. The molecule has 0 spiro atoms. The van der Waals surface area contributed by atoms with Crippen LogP contribution in [-0.4, -0.2) is 42.2 Å². The SMILES string of the molecule is CCCCOc1ccc(/C=C2/SC(=Nc3ccc(C(=O)OC)cc3)N(CC)C2=O)c2ccccc12. The number of hydrogen-bond donors (Lipinski definition) is 0. The number of likely N-dealkylation sites (N-methyl/N-ethyl adjacent to an activating group) is 1. The number of benzene rings is 3. The van der Waals surface area contributed by atoms with Crippen molar-refractivity contribution >= 4 is 51.3 Å². The lowest BCUT2D eigenvalue weighted by Crippen LogP contribution is -2.28. The first kappa shape index (κ1) is 24.5. The molecule has 1 fully saturated rings. The quantitative estimate of drug-likeness (QED) is 0.208. The minimum Gasteiger partial charge on any atom is -0.493 e. The van der Waals surface area contributed by atoms with Crippen molar-refractivity contribution in [1.29, 1.82) is 0 Å². The fourth-order valence-corrected chi connectivity index (χ4v) is 4.84. The van der Waals surface area contributed by atoms with Crippen molar-refractivity contribution in [1.82, 2.24) is 4.90 Å². The maximum atomic E-state index is 13.2. The zero-order chi connectivity index (χ0) is 24.8. The second-order valence-corrected chi connectivity index (χ2v) is 9.00. The second-order valence-electron chi connectivity index (χ2n) is 7.99. The summed E-state index contributed by atoms with van der Waals surface area (Å²) in [4.78, 5) is 31.8. The van der Waals surface area contributed by atoms with Crippen molar-refractivity contribution < 1.29 is 19.1 Å². The summed E-state index contributed by atoms with van der Waals surface area (Å²) in [6.07, 6.45) is 4.01. The Kier molecular flexibility index (Phi) is 7.87. The Bertz CT molecular complexity index is 1300. The first-order valence-corrected chi connectivity index (χ1v) is 12.5. The molecule has 1 aliphatic heterocycles. The van der Waals surface area contributed by atoms with E-state index in [1.165, 1.54) is 18.9 Å². The maximum Gasteiger partial charge on any atom is 0.337 e. The van der Waals surface area contributed by atoms with Crippen LogP contribution in [0.1, 0.15) is 42.6 Å². The molecule has 1 heterocycles. The molecular formula is C28H28N2O4S. The van der Waals surface area contributed by atoms with Gasteiger partial charge in [0.05, 0.1) is 29.9 Å². The molecule has 3 aromatic carbocycles. The number of nitrogens with zero attached hydrogens (tertiary/aromatic N) is 2. The molecule has 3 aromatic rings. The lowest BCUT2D eigenvalue weighted by Gasteiger charge is -2.12. The van der Waals surface area contributed by atoms with E-state index in [-0.39, 0.29) is 5.91 Å². The highest BCUT2D eigenvalue weighted by Crippen LogP contribution is 2.36. The Hall–Kier alpha value is -3.58. The average Bonchev–Trinajstić information content (AvgIpc) is 3.18. The highest BCUT2D eigenvalue weighted by Gasteiger charge is 2.32. The topological polar surface area (TPSA) is 68.2 Å². The van der Waals surface area contributed by atoms with E-state index in [2.05, 4.69) is 11.9 Å². The highest BCUT2D eigenvalue weighted by atomic mass is 32.2. The lowest BCUT2D eigenvalue weighted by atomic mass is 10.0. The number of unbranched alkanes of at least 4 members (excludes halogenated alkanes) is 1. The van der Waals surface area contributed by atoms with E-state index in [1.807, 2.05) is 49.4 Å². The zero-order valence-electron chi connectivity index (χ0n) is 20.1. The van der Waals surface area contributed by atoms with Gasteiger partial charge in [0.2, 0.25) is 0 Å². The lowest BCUT2D eigenvalue weighted by molar-refractivity contribution is -0.122. The van der Waals surface area contributed by atoms with Crippen LogP contribution < -0.4 is 4.74 Å². The molecule has 4 rings (SSSR count). The van der Waals surface area contributed by atoms with E-state index in [4.69, 9.17) is 9.47 Å². The number of fused-ring (bicyclic) bond motifs is 1. The van der Waals surface area contributed by atoms with Gasteiger partial charge in [0.15, 0.2) is 5.17 Å². The normalized spacial score (nSPS) is 15.9. The average molecular weight is 489 g/mol. The van der Waals surface area contributed by atoms with Gasteiger partial charge in [-0.2, -0.15) is 0 Å². The first-order valence-electron chi connectivity index (χ1n) is 11.7. The number of ether oxygens (including phenoxy) is 2. The minimum absolute atomic E-state index is 0.0743. The maximum absolute atomic E-state index is 13.2. The summed E-state index contributed by atoms with van der Waals surface area (Å²) in [7, 11) is 1.35. The van der Waals surface area contributed by atoms with Gasteiger partial charge < -0.3 is 9.47 Å². The van der Waals surface area contributed by atoms with E-state index >= 15 is 0 Å². The molecule has 0 N–H and O–H groups in total. The van der Waals surface area contributed by atoms with Gasteiger partial charge in [-0.15, -0.1) is 0 Å². The summed E-state index contributed by atoms with van der Waals surface area (Å²) in [6.45, 7) is 5.25. The van der Waals surface area contributed by atoms with Crippen molar-refractivity contribution in [2.45, 2.75) is 26.7 Å². The third-order valence-corrected chi connectivity index (χ3v) is 6.68. The minimum atomic E-state index is -0.399. The molecular weight excluding hydrogens is 460 g/mol. The number of esters is 1. The van der Waals surface area contributed by atoms with E-state index < -0.39 is 5.97 Å². The number of amidine groups is 1. The Labute approximate surface area is 209 Å². The fraction of sp³-hybridized carbons (Fsp3) is 0.250. The van der Waals surface area contributed by atoms with Gasteiger partial charge in [-0.1, -0.05) is 43.7 Å². The van der Waals surface area contributed by atoms with E-state index in [0.29, 0.717) is 34.5 Å². The van der Waals surface area contributed by atoms with Crippen LogP contribution in [0.25, 0.3) is 16.8 Å². The van der Waals surface area contributed by atoms with Gasteiger partial charge in [0.25, 0.3) is 5.91 Å². The first-order chi connectivity index (χ1) is 17.0. The summed E-state index contributed by atoms with van der Waals surface area (Å²) in [5.41, 5.74) is 2.07. The highest BCUT2D eigenvalue weighted by molar-refractivity contribution is 8.18. The van der Waals surface area contributed by atoms with Crippen molar-refractivity contribution in [3.63, 3.8) is 0 Å². The third-order valence-electron chi connectivity index (χ3n) is 5.68. The molecule has 0 bridgehead atoms. The molecule has 0 atom stereocenters. The Balaban J connectivity index is 1.64. The molecule has 0 aromatic heterocycles. The number of methoxy groups -OCH3 is 1. The molecule has 7 heteroatoms. The Morgan fingerprint density at radius 3 is 2.46 bits per heavy atom. The van der Waals surface area contributed by atoms with Crippen LogP contribution in [0.2, 0.25) is 0 Å². The fourth-order valence-electron chi connectivity index (χ4n) is 3.78. The van der Waals surface area contributed by atoms with Crippen LogP contribution in [0, 0.1) is 0 Å². The zero-order valence-corrected chi connectivity index (χ0v) is 20.9. The molecule has 0 radical (unpaired) electrons. The van der Waals surface area contributed by atoms with Crippen molar-refractivity contribution in [2.75, 3.05) is 20.3 Å². The van der Waals surface area contributed by atoms with Crippen LogP contribution in [0.15, 0.2) is 70.6 Å². The molecule has 0 unspecified atom stereocenters. The van der Waals surface area contributed by atoms with Gasteiger partial charge in [-0.25, -0.2) is 9.79 Å². The van der Waals surface area contributed by atoms with Crippen LogP contribution in [0.3, 0.4) is 0 Å². The molecule has 0 saturated carbocycles. The number of thioether (sulfide) groups is 1. The molecule has 1 amide bonds. The number of carbonyl (C=O) groups is 2. The summed E-state index contributed by atoms with van der Waals surface area (Å²) >= 11 is 1.35. The van der Waals surface area contributed by atoms with Gasteiger partial charge in [-0.3, -0.25) is 9.69 Å². The molecule has 35 heavy (non-hydrogen) atoms. The Morgan fingerprint density at radius 1 is 1.03 bits per heavy atom. The number of aliphatic imine (C=N–C) groups is 1. The molecule has 1 aliphatic rings. The van der Waals surface area contributed by atoms with E-state index in [0.717, 1.165) is 34.9 Å². The number of carbonyl (C=O) groups excluding carboxylic acids is 2. The summed E-state index contributed by atoms with van der Waals surface area (Å²) in [6, 6.07) is 18.9. The van der Waals surface area contributed by atoms with Crippen molar-refractivity contribution in [3.8, 4) is 5.75 Å². The van der Waals surface area contributed by atoms with Gasteiger partial charge >= 0.3 is 5.97 Å². The van der Waals surface area contributed by atoms with Gasteiger partial charge in [0.1, 0.15) is 5.75 Å². The molecule has 6 nitrogen and oxygen atoms in total. The van der Waals surface area contributed by atoms with Gasteiger partial charge in [-0.05, 0) is 72.5 Å². The van der Waals surface area contributed by atoms with Crippen LogP contribution in [0.4, 0.5) is 5.69 Å². The second kappa shape index (κ2) is 11.2. The van der Waals surface area contributed by atoms with E-state index in [9.17, 15) is 9.59 Å². The van der Waals surface area contributed by atoms with E-state index in [1.54, 1.807) is 29.2 Å². The smallest absolute Gasteiger partial charge is 0.337 e. The number of amides is 1. The monoisotopic (exact) mass is 488 g/mol. The summed E-state index contributed by atoms with van der Waals surface area (Å²) in [5.74, 6) is 0.383. The molecule has 180 valence electrons. The number of rotatable bonds is 8. The van der Waals surface area contributed by atoms with Crippen LogP contribution in [-0.2, 0) is 9.53 Å². The molecule has 0 aliphatic carbocycles. The number of hydrogen-bond acceptors (Lipinski definition) is 6. The Morgan fingerprint density at radius 2 is 1.77 bits per heavy atom. The third kappa shape index (κ3) is 5.41. The predicted molar refractivity (Wildman–Crippen MR) is 142 cm³/mol. The standard InChI is InChI=1S/C28H28N2O4S/c1-4-6-17-34-24-16-13-20(22-9-7-8-10-23(22)24)18-25-26(31)30(5-2)28(35-25)29-21-14-11-19(12-15-21)27(32)33-3/h7-16,18H,4-6,17H2,1-3H3/b25-18+,29-28?.